The zero-order valence-corrected chi connectivity index (χ0v) is 23.9. The second-order valence-electron chi connectivity index (χ2n) is 10.6. The molecular weight excluding hydrogens is 520 g/mol. The number of carbonyl (C=O) groups excluding carboxylic acids is 2. The average molecular weight is 551 g/mol. The number of rotatable bonds is 5. The lowest BCUT2D eigenvalue weighted by Gasteiger charge is -2.18. The van der Waals surface area contributed by atoms with Crippen LogP contribution in [0.2, 0.25) is 0 Å². The Hall–Kier alpha value is -4.30. The summed E-state index contributed by atoms with van der Waals surface area (Å²) in [5.74, 6) is 0.678. The van der Waals surface area contributed by atoms with Crippen LogP contribution in [0.25, 0.3) is 22.0 Å². The molecule has 0 saturated carbocycles. The summed E-state index contributed by atoms with van der Waals surface area (Å²) in [6.07, 6.45) is 7.33. The van der Waals surface area contributed by atoms with Crippen molar-refractivity contribution in [1.82, 2.24) is 19.0 Å². The van der Waals surface area contributed by atoms with Gasteiger partial charge in [0.05, 0.1) is 17.4 Å². The maximum Gasteiger partial charge on any atom is 0.328 e. The van der Waals surface area contributed by atoms with Crippen molar-refractivity contribution in [2.45, 2.75) is 24.0 Å². The topological polar surface area (TPSA) is 69.4 Å². The summed E-state index contributed by atoms with van der Waals surface area (Å²) in [5, 5.41) is 0.772. The minimum Gasteiger partial charge on any atom is -0.497 e. The molecule has 3 aromatic heterocycles. The van der Waals surface area contributed by atoms with E-state index in [-0.39, 0.29) is 21.9 Å². The largest absolute Gasteiger partial charge is 0.497 e. The molecular formula is C32H30N4O3S. The van der Waals surface area contributed by atoms with Gasteiger partial charge in [0, 0.05) is 66.7 Å². The van der Waals surface area contributed by atoms with Crippen LogP contribution < -0.4 is 4.74 Å². The first kappa shape index (κ1) is 26.0. The molecule has 1 unspecified atom stereocenters. The van der Waals surface area contributed by atoms with Crippen molar-refractivity contribution < 1.29 is 14.3 Å². The number of thioether (sulfide) groups is 1. The smallest absolute Gasteiger partial charge is 0.328 e. The number of hydrogen-bond acceptors (Lipinski definition) is 5. The third kappa shape index (κ3) is 4.19. The number of ether oxygens (including phenoxy) is 1. The molecule has 1 atom stereocenters. The third-order valence-electron chi connectivity index (χ3n) is 7.42. The molecule has 6 rings (SSSR count). The number of amides is 1. The highest BCUT2D eigenvalue weighted by molar-refractivity contribution is 8.00. The van der Waals surface area contributed by atoms with E-state index in [4.69, 9.17) is 4.74 Å². The number of carbonyl (C=O) groups is 2. The van der Waals surface area contributed by atoms with E-state index in [9.17, 15) is 9.59 Å². The molecule has 1 amide bonds. The van der Waals surface area contributed by atoms with Crippen LogP contribution in [-0.4, -0.2) is 52.0 Å². The fourth-order valence-electron chi connectivity index (χ4n) is 5.49. The number of aromatic nitrogens is 3. The lowest BCUT2D eigenvalue weighted by Crippen LogP contribution is -2.26. The number of fused-ring (bicyclic) bond motifs is 2. The maximum atomic E-state index is 14.3. The van der Waals surface area contributed by atoms with Gasteiger partial charge in [0.1, 0.15) is 11.1 Å². The van der Waals surface area contributed by atoms with Crippen molar-refractivity contribution in [3.63, 3.8) is 0 Å². The van der Waals surface area contributed by atoms with Crippen LogP contribution >= 0.6 is 11.8 Å². The van der Waals surface area contributed by atoms with Gasteiger partial charge in [0.15, 0.2) is 5.78 Å². The summed E-state index contributed by atoms with van der Waals surface area (Å²) in [5.41, 5.74) is 5.85. The third-order valence-corrected chi connectivity index (χ3v) is 8.93. The summed E-state index contributed by atoms with van der Waals surface area (Å²) >= 11 is 1.80. The van der Waals surface area contributed by atoms with E-state index in [1.54, 1.807) is 49.9 Å². The zero-order valence-electron chi connectivity index (χ0n) is 23.1. The standard InChI is InChI=1S/C32H30N4O3S/c1-32(2)29-25(14-16-35(29)30(40-32)22-7-6-15-33-18-22)28(37)26-19-36(31(38)34(3)4)27-17-21(10-13-24(26)27)20-8-11-23(39-5)12-9-20/h6-19,30H,1-5H3. The van der Waals surface area contributed by atoms with Gasteiger partial charge in [0.2, 0.25) is 0 Å². The molecule has 202 valence electrons. The molecule has 0 saturated heterocycles. The van der Waals surface area contributed by atoms with Crippen molar-refractivity contribution in [3.05, 3.63) is 108 Å². The normalized spacial score (nSPS) is 15.7. The first-order chi connectivity index (χ1) is 19.2. The van der Waals surface area contributed by atoms with E-state index in [1.165, 1.54) is 4.90 Å². The zero-order chi connectivity index (χ0) is 28.2. The monoisotopic (exact) mass is 550 g/mol. The van der Waals surface area contributed by atoms with E-state index in [2.05, 4.69) is 29.5 Å². The highest BCUT2D eigenvalue weighted by Gasteiger charge is 2.42. The number of ketones is 1. The predicted molar refractivity (Wildman–Crippen MR) is 159 cm³/mol. The molecule has 8 heteroatoms. The Morgan fingerprint density at radius 1 is 1.00 bits per heavy atom. The van der Waals surface area contributed by atoms with Gasteiger partial charge in [-0.2, -0.15) is 0 Å². The first-order valence-electron chi connectivity index (χ1n) is 13.0. The average Bonchev–Trinajstić information content (AvgIpc) is 3.65. The van der Waals surface area contributed by atoms with E-state index in [1.807, 2.05) is 67.0 Å². The summed E-state index contributed by atoms with van der Waals surface area (Å²) in [7, 11) is 5.06. The molecule has 0 fully saturated rings. The number of methoxy groups -OCH3 is 1. The molecule has 0 N–H and O–H groups in total. The Labute approximate surface area is 237 Å². The molecule has 0 aliphatic carbocycles. The maximum absolute atomic E-state index is 14.3. The summed E-state index contributed by atoms with van der Waals surface area (Å²) in [6.45, 7) is 4.30. The van der Waals surface area contributed by atoms with Crippen LogP contribution in [0, 0.1) is 0 Å². The SMILES string of the molecule is COc1ccc(-c2ccc3c(C(=O)c4ccn5c4C(C)(C)SC5c4cccnc4)cn(C(=O)N(C)C)c3c2)cc1. The Balaban J connectivity index is 1.47. The minimum absolute atomic E-state index is 0.0314. The predicted octanol–water partition coefficient (Wildman–Crippen LogP) is 6.80. The number of benzene rings is 2. The lowest BCUT2D eigenvalue weighted by molar-refractivity contribution is 0.103. The molecule has 0 spiro atoms. The molecule has 0 bridgehead atoms. The van der Waals surface area contributed by atoms with Gasteiger partial charge in [-0.1, -0.05) is 30.3 Å². The molecule has 4 heterocycles. The van der Waals surface area contributed by atoms with Crippen molar-refractivity contribution in [1.29, 1.82) is 0 Å². The van der Waals surface area contributed by atoms with Gasteiger partial charge in [-0.25, -0.2) is 4.79 Å². The summed E-state index contributed by atoms with van der Waals surface area (Å²) in [4.78, 5) is 33.3. The summed E-state index contributed by atoms with van der Waals surface area (Å²) < 4.78 is 8.75. The molecule has 1 aliphatic rings. The fraction of sp³-hybridized carbons (Fsp3) is 0.219. The second-order valence-corrected chi connectivity index (χ2v) is 12.3. The highest BCUT2D eigenvalue weighted by Crippen LogP contribution is 2.54. The van der Waals surface area contributed by atoms with Crippen molar-refractivity contribution in [3.8, 4) is 16.9 Å². The van der Waals surface area contributed by atoms with Crippen LogP contribution in [-0.2, 0) is 4.75 Å². The second kappa shape index (κ2) is 9.71. The fourth-order valence-corrected chi connectivity index (χ4v) is 6.94. The first-order valence-corrected chi connectivity index (χ1v) is 13.9. The Bertz CT molecular complexity index is 1750. The highest BCUT2D eigenvalue weighted by atomic mass is 32.2. The van der Waals surface area contributed by atoms with Crippen LogP contribution in [0.4, 0.5) is 4.79 Å². The number of nitrogens with zero attached hydrogens (tertiary/aromatic N) is 4. The van der Waals surface area contributed by atoms with Crippen LogP contribution in [0.5, 0.6) is 5.75 Å². The van der Waals surface area contributed by atoms with E-state index in [0.717, 1.165) is 33.5 Å². The number of hydrogen-bond donors (Lipinski definition) is 0. The van der Waals surface area contributed by atoms with E-state index >= 15 is 0 Å². The van der Waals surface area contributed by atoms with E-state index in [0.29, 0.717) is 16.6 Å². The van der Waals surface area contributed by atoms with Crippen LogP contribution in [0.15, 0.2) is 85.5 Å². The van der Waals surface area contributed by atoms with Crippen LogP contribution in [0.3, 0.4) is 0 Å². The van der Waals surface area contributed by atoms with Crippen molar-refractivity contribution in [2.75, 3.05) is 21.2 Å². The molecule has 0 radical (unpaired) electrons. The molecule has 5 aromatic rings. The Kier molecular flexibility index (Phi) is 6.30. The Morgan fingerprint density at radius 2 is 1.75 bits per heavy atom. The van der Waals surface area contributed by atoms with Gasteiger partial charge in [-0.3, -0.25) is 14.3 Å². The van der Waals surface area contributed by atoms with Gasteiger partial charge >= 0.3 is 6.03 Å². The van der Waals surface area contributed by atoms with Gasteiger partial charge in [0.25, 0.3) is 0 Å². The molecule has 7 nitrogen and oxygen atoms in total. The minimum atomic E-state index is -0.297. The van der Waals surface area contributed by atoms with Gasteiger partial charge in [-0.15, -0.1) is 11.8 Å². The number of pyridine rings is 1. The Morgan fingerprint density at radius 3 is 2.42 bits per heavy atom. The molecule has 40 heavy (non-hydrogen) atoms. The van der Waals surface area contributed by atoms with Gasteiger partial charge in [-0.05, 0) is 55.3 Å². The van der Waals surface area contributed by atoms with Crippen molar-refractivity contribution in [2.24, 2.45) is 0 Å². The molecule has 1 aliphatic heterocycles. The van der Waals surface area contributed by atoms with Crippen LogP contribution in [0.1, 0.15) is 46.4 Å². The van der Waals surface area contributed by atoms with Crippen molar-refractivity contribution >= 4 is 34.5 Å². The quantitative estimate of drug-likeness (QED) is 0.225. The van der Waals surface area contributed by atoms with Gasteiger partial charge < -0.3 is 14.2 Å². The lowest BCUT2D eigenvalue weighted by atomic mass is 9.96. The summed E-state index contributed by atoms with van der Waals surface area (Å²) in [6, 6.07) is 19.4. The molecule has 2 aromatic carbocycles. The van der Waals surface area contributed by atoms with E-state index < -0.39 is 0 Å².